The molecule has 2 nitrogen and oxygen atoms in total. The minimum Gasteiger partial charge on any atom is -0.507 e. The summed E-state index contributed by atoms with van der Waals surface area (Å²) in [7, 11) is 0. The smallest absolute Gasteiger partial charge is 0.132 e. The Morgan fingerprint density at radius 1 is 0.696 bits per heavy atom. The molecule has 0 aromatic heterocycles. The Morgan fingerprint density at radius 2 is 1.26 bits per heavy atom. The topological polar surface area (TPSA) is 40.5 Å². The van der Waals surface area contributed by atoms with Crippen molar-refractivity contribution >= 4 is 15.9 Å². The van der Waals surface area contributed by atoms with Crippen molar-refractivity contribution in [2.45, 2.75) is 0 Å². The maximum atomic E-state index is 14.5. The Morgan fingerprint density at radius 3 is 1.91 bits per heavy atom. The molecule has 0 saturated carbocycles. The van der Waals surface area contributed by atoms with E-state index in [2.05, 4.69) is 15.9 Å². The van der Waals surface area contributed by atoms with Gasteiger partial charge >= 0.3 is 0 Å². The number of halogens is 3. The lowest BCUT2D eigenvalue weighted by atomic mass is 9.92. The van der Waals surface area contributed by atoms with Crippen LogP contribution in [0.2, 0.25) is 0 Å². The standard InChI is InChI=1S/C18H11BrF2O2/c19-10-5-8-16(23)12(9-10)18-14(21)7-6-13(20)17(18)11-3-1-2-4-15(11)22/h1-9,22-23H. The molecule has 0 saturated heterocycles. The van der Waals surface area contributed by atoms with Gasteiger partial charge in [-0.1, -0.05) is 34.1 Å². The van der Waals surface area contributed by atoms with Gasteiger partial charge in [-0.3, -0.25) is 0 Å². The van der Waals surface area contributed by atoms with Crippen LogP contribution in [0.3, 0.4) is 0 Å². The van der Waals surface area contributed by atoms with Gasteiger partial charge in [-0.25, -0.2) is 8.78 Å². The molecule has 0 unspecified atom stereocenters. The van der Waals surface area contributed by atoms with Crippen LogP contribution in [0.15, 0.2) is 59.1 Å². The molecule has 3 aromatic rings. The Balaban J connectivity index is 2.40. The van der Waals surface area contributed by atoms with Crippen LogP contribution in [0.25, 0.3) is 22.3 Å². The fourth-order valence-corrected chi connectivity index (χ4v) is 2.83. The molecule has 5 heteroatoms. The van der Waals surface area contributed by atoms with Gasteiger partial charge in [0.1, 0.15) is 23.1 Å². The molecule has 3 aromatic carbocycles. The third kappa shape index (κ3) is 2.80. The Labute approximate surface area is 139 Å². The maximum Gasteiger partial charge on any atom is 0.132 e. The van der Waals surface area contributed by atoms with Gasteiger partial charge < -0.3 is 10.2 Å². The van der Waals surface area contributed by atoms with Gasteiger partial charge in [-0.05, 0) is 36.4 Å². The summed E-state index contributed by atoms with van der Waals surface area (Å²) >= 11 is 3.26. The summed E-state index contributed by atoms with van der Waals surface area (Å²) in [6, 6.07) is 12.6. The maximum absolute atomic E-state index is 14.5. The molecule has 116 valence electrons. The van der Waals surface area contributed by atoms with Crippen molar-refractivity contribution in [2.75, 3.05) is 0 Å². The van der Waals surface area contributed by atoms with E-state index in [4.69, 9.17) is 0 Å². The van der Waals surface area contributed by atoms with Crippen LogP contribution >= 0.6 is 15.9 Å². The van der Waals surface area contributed by atoms with Crippen LogP contribution in [-0.2, 0) is 0 Å². The van der Waals surface area contributed by atoms with Gasteiger partial charge in [0.15, 0.2) is 0 Å². The van der Waals surface area contributed by atoms with Crippen LogP contribution in [0, 0.1) is 11.6 Å². The number of para-hydroxylation sites is 1. The largest absolute Gasteiger partial charge is 0.507 e. The van der Waals surface area contributed by atoms with Crippen molar-refractivity contribution in [3.63, 3.8) is 0 Å². The quantitative estimate of drug-likeness (QED) is 0.622. The fraction of sp³-hybridized carbons (Fsp3) is 0. The van der Waals surface area contributed by atoms with Gasteiger partial charge in [0.05, 0.1) is 0 Å². The fourth-order valence-electron chi connectivity index (χ4n) is 2.47. The molecule has 3 rings (SSSR count). The highest BCUT2D eigenvalue weighted by atomic mass is 79.9. The van der Waals surface area contributed by atoms with Crippen LogP contribution in [0.4, 0.5) is 8.78 Å². The summed E-state index contributed by atoms with van der Waals surface area (Å²) in [4.78, 5) is 0. The third-order valence-corrected chi connectivity index (χ3v) is 4.00. The lowest BCUT2D eigenvalue weighted by Gasteiger charge is -2.15. The molecule has 0 heterocycles. The highest BCUT2D eigenvalue weighted by Gasteiger charge is 2.21. The first-order valence-corrected chi connectivity index (χ1v) is 7.53. The summed E-state index contributed by atoms with van der Waals surface area (Å²) < 4.78 is 29.5. The van der Waals surface area contributed by atoms with E-state index in [1.54, 1.807) is 18.2 Å². The second-order valence-corrected chi connectivity index (χ2v) is 5.87. The van der Waals surface area contributed by atoms with E-state index in [-0.39, 0.29) is 33.8 Å². The predicted molar refractivity (Wildman–Crippen MR) is 88.3 cm³/mol. The molecule has 0 amide bonds. The molecule has 0 spiro atoms. The summed E-state index contributed by atoms with van der Waals surface area (Å²) in [5.74, 6) is -1.75. The van der Waals surface area contributed by atoms with Crippen molar-refractivity contribution in [3.05, 3.63) is 70.7 Å². The number of hydrogen-bond donors (Lipinski definition) is 2. The van der Waals surface area contributed by atoms with Crippen LogP contribution in [0.5, 0.6) is 11.5 Å². The zero-order valence-electron chi connectivity index (χ0n) is 11.7. The van der Waals surface area contributed by atoms with Crippen molar-refractivity contribution in [1.29, 1.82) is 0 Å². The second-order valence-electron chi connectivity index (χ2n) is 4.96. The monoisotopic (exact) mass is 376 g/mol. The molecule has 0 bridgehead atoms. The highest BCUT2D eigenvalue weighted by Crippen LogP contribution is 2.43. The zero-order chi connectivity index (χ0) is 16.6. The molecule has 0 aliphatic rings. The van der Waals surface area contributed by atoms with E-state index in [1.165, 1.54) is 24.3 Å². The molecule has 0 aliphatic heterocycles. The van der Waals surface area contributed by atoms with Gasteiger partial charge in [0.2, 0.25) is 0 Å². The number of benzene rings is 3. The minimum absolute atomic E-state index is 0.100. The third-order valence-electron chi connectivity index (χ3n) is 3.50. The molecule has 0 aliphatic carbocycles. The Hall–Kier alpha value is -2.40. The number of aromatic hydroxyl groups is 2. The number of rotatable bonds is 2. The van der Waals surface area contributed by atoms with Crippen LogP contribution in [0.1, 0.15) is 0 Å². The van der Waals surface area contributed by atoms with Gasteiger partial charge in [-0.2, -0.15) is 0 Å². The van der Waals surface area contributed by atoms with E-state index in [1.807, 2.05) is 0 Å². The summed E-state index contributed by atoms with van der Waals surface area (Å²) in [6.07, 6.45) is 0. The highest BCUT2D eigenvalue weighted by molar-refractivity contribution is 9.10. The number of phenols is 2. The predicted octanol–water partition coefficient (Wildman–Crippen LogP) is 5.47. The summed E-state index contributed by atoms with van der Waals surface area (Å²) in [6.45, 7) is 0. The molecule has 0 atom stereocenters. The SMILES string of the molecule is Oc1ccccc1-c1c(F)ccc(F)c1-c1cc(Br)ccc1O. The van der Waals surface area contributed by atoms with Gasteiger partial charge in [-0.15, -0.1) is 0 Å². The van der Waals surface area contributed by atoms with Crippen molar-refractivity contribution in [2.24, 2.45) is 0 Å². The normalized spacial score (nSPS) is 10.7. The molecular formula is C18H11BrF2O2. The summed E-state index contributed by atoms with van der Waals surface area (Å²) in [5.41, 5.74) is 0.0790. The Bertz CT molecular complexity index is 894. The molecule has 23 heavy (non-hydrogen) atoms. The number of phenolic OH excluding ortho intramolecular Hbond substituents is 2. The van der Waals surface area contributed by atoms with Crippen molar-refractivity contribution < 1.29 is 19.0 Å². The average molecular weight is 377 g/mol. The van der Waals surface area contributed by atoms with E-state index in [9.17, 15) is 19.0 Å². The first-order valence-electron chi connectivity index (χ1n) is 6.74. The van der Waals surface area contributed by atoms with Crippen LogP contribution < -0.4 is 0 Å². The number of hydrogen-bond acceptors (Lipinski definition) is 2. The van der Waals surface area contributed by atoms with E-state index in [0.29, 0.717) is 4.47 Å². The van der Waals surface area contributed by atoms with Gasteiger partial charge in [0, 0.05) is 26.7 Å². The van der Waals surface area contributed by atoms with Crippen LogP contribution in [-0.4, -0.2) is 10.2 Å². The first-order chi connectivity index (χ1) is 11.0. The first kappa shape index (κ1) is 15.5. The molecule has 0 radical (unpaired) electrons. The second kappa shape index (κ2) is 6.01. The average Bonchev–Trinajstić information content (AvgIpc) is 2.53. The van der Waals surface area contributed by atoms with Gasteiger partial charge in [0.25, 0.3) is 0 Å². The minimum atomic E-state index is -0.696. The molecular weight excluding hydrogens is 366 g/mol. The summed E-state index contributed by atoms with van der Waals surface area (Å²) in [5, 5.41) is 20.1. The van der Waals surface area contributed by atoms with E-state index >= 15 is 0 Å². The molecule has 2 N–H and O–H groups in total. The lowest BCUT2D eigenvalue weighted by molar-refractivity contribution is 0.475. The van der Waals surface area contributed by atoms with Crippen molar-refractivity contribution in [1.82, 2.24) is 0 Å². The van der Waals surface area contributed by atoms with E-state index < -0.39 is 11.6 Å². The van der Waals surface area contributed by atoms with E-state index in [0.717, 1.165) is 12.1 Å². The lowest BCUT2D eigenvalue weighted by Crippen LogP contribution is -1.95. The Kier molecular flexibility index (Phi) is 4.05. The zero-order valence-corrected chi connectivity index (χ0v) is 13.3. The van der Waals surface area contributed by atoms with Crippen molar-refractivity contribution in [3.8, 4) is 33.8 Å². The molecule has 0 fully saturated rings.